The lowest BCUT2D eigenvalue weighted by Gasteiger charge is -2.23. The highest BCUT2D eigenvalue weighted by atomic mass is 35.5. The second-order valence-electron chi connectivity index (χ2n) is 4.03. The lowest BCUT2D eigenvalue weighted by atomic mass is 10.1. The second-order valence-corrected chi connectivity index (χ2v) is 4.84. The first-order valence-corrected chi connectivity index (χ1v) is 6.45. The van der Waals surface area contributed by atoms with Crippen molar-refractivity contribution in [2.45, 2.75) is 18.9 Å². The smallest absolute Gasteiger partial charge is 0.242 e. The molecule has 1 aromatic rings. The zero-order valence-corrected chi connectivity index (χ0v) is 11.4. The number of rotatable bonds is 3. The number of hydrogen-bond acceptors (Lipinski definition) is 4. The van der Waals surface area contributed by atoms with Crippen molar-refractivity contribution in [1.29, 1.82) is 0 Å². The van der Waals surface area contributed by atoms with Crippen LogP contribution in [0.4, 0.5) is 11.6 Å². The summed E-state index contributed by atoms with van der Waals surface area (Å²) in [4.78, 5) is 15.9. The van der Waals surface area contributed by atoms with E-state index in [1.807, 2.05) is 0 Å². The van der Waals surface area contributed by atoms with Crippen LogP contribution in [-0.2, 0) is 4.79 Å². The molecule has 1 fully saturated rings. The van der Waals surface area contributed by atoms with Gasteiger partial charge in [0.05, 0.1) is 10.0 Å². The zero-order valence-electron chi connectivity index (χ0n) is 9.89. The molecule has 1 aliphatic rings. The highest BCUT2D eigenvalue weighted by Gasteiger charge is 2.23. The minimum Gasteiger partial charge on any atom is -0.372 e. The maximum absolute atomic E-state index is 11.6. The molecular weight excluding hydrogens is 275 g/mol. The molecule has 98 valence electrons. The molecule has 1 aromatic heterocycles. The summed E-state index contributed by atoms with van der Waals surface area (Å²) in [5.41, 5.74) is 0. The van der Waals surface area contributed by atoms with E-state index < -0.39 is 0 Å². The van der Waals surface area contributed by atoms with Crippen molar-refractivity contribution in [3.63, 3.8) is 0 Å². The Hall–Kier alpha value is -1.20. The molecule has 18 heavy (non-hydrogen) atoms. The van der Waals surface area contributed by atoms with Crippen molar-refractivity contribution < 1.29 is 4.79 Å². The van der Waals surface area contributed by atoms with Gasteiger partial charge in [0.2, 0.25) is 5.91 Å². The summed E-state index contributed by atoms with van der Waals surface area (Å²) in [6.07, 6.45) is 1.70. The predicted molar refractivity (Wildman–Crippen MR) is 73.5 cm³/mol. The molecule has 0 aliphatic carbocycles. The third kappa shape index (κ3) is 2.79. The first-order chi connectivity index (χ1) is 8.61. The minimum absolute atomic E-state index is 0.0277. The lowest BCUT2D eigenvalue weighted by molar-refractivity contribution is -0.123. The Morgan fingerprint density at radius 1 is 1.39 bits per heavy atom. The van der Waals surface area contributed by atoms with E-state index >= 15 is 0 Å². The fourth-order valence-corrected chi connectivity index (χ4v) is 2.33. The molecule has 1 atom stereocenters. The van der Waals surface area contributed by atoms with Crippen LogP contribution in [0.1, 0.15) is 12.8 Å². The first-order valence-electron chi connectivity index (χ1n) is 5.70. The Morgan fingerprint density at radius 3 is 2.78 bits per heavy atom. The Bertz CT molecular complexity index is 467. The monoisotopic (exact) mass is 288 g/mol. The van der Waals surface area contributed by atoms with Crippen molar-refractivity contribution in [3.05, 3.63) is 16.1 Å². The maximum Gasteiger partial charge on any atom is 0.242 e. The molecule has 2 heterocycles. The van der Waals surface area contributed by atoms with Crippen molar-refractivity contribution in [1.82, 2.24) is 10.3 Å². The number of nitrogens with zero attached hydrogens (tertiary/aromatic N) is 1. The van der Waals surface area contributed by atoms with E-state index in [1.165, 1.54) is 0 Å². The fraction of sp³-hybridized carbons (Fsp3) is 0.455. The summed E-state index contributed by atoms with van der Waals surface area (Å²) in [7, 11) is 1.72. The van der Waals surface area contributed by atoms with Gasteiger partial charge in [-0.15, -0.1) is 0 Å². The van der Waals surface area contributed by atoms with Crippen LogP contribution in [0.3, 0.4) is 0 Å². The van der Waals surface area contributed by atoms with E-state index in [4.69, 9.17) is 23.2 Å². The topological polar surface area (TPSA) is 66.1 Å². The van der Waals surface area contributed by atoms with Gasteiger partial charge in [-0.1, -0.05) is 23.2 Å². The van der Waals surface area contributed by atoms with Gasteiger partial charge in [-0.25, -0.2) is 4.98 Å². The average molecular weight is 289 g/mol. The van der Waals surface area contributed by atoms with Gasteiger partial charge in [0.25, 0.3) is 0 Å². The highest BCUT2D eigenvalue weighted by molar-refractivity contribution is 6.37. The quantitative estimate of drug-likeness (QED) is 0.797. The summed E-state index contributed by atoms with van der Waals surface area (Å²) in [5, 5.41) is 9.56. The average Bonchev–Trinajstić information content (AvgIpc) is 2.35. The second kappa shape index (κ2) is 5.63. The van der Waals surface area contributed by atoms with Crippen LogP contribution in [0.2, 0.25) is 10.0 Å². The van der Waals surface area contributed by atoms with Gasteiger partial charge in [0.1, 0.15) is 17.7 Å². The molecule has 2 rings (SSSR count). The number of amides is 1. The Kier molecular flexibility index (Phi) is 4.14. The normalized spacial score (nSPS) is 19.3. The maximum atomic E-state index is 11.6. The number of carbonyl (C=O) groups is 1. The number of hydrogen-bond donors (Lipinski definition) is 3. The van der Waals surface area contributed by atoms with Crippen LogP contribution in [-0.4, -0.2) is 30.5 Å². The highest BCUT2D eigenvalue weighted by Crippen LogP contribution is 2.29. The largest absolute Gasteiger partial charge is 0.372 e. The zero-order chi connectivity index (χ0) is 13.1. The van der Waals surface area contributed by atoms with Gasteiger partial charge in [-0.05, 0) is 18.9 Å². The molecular formula is C11H14Cl2N4O. The molecule has 5 nitrogen and oxygen atoms in total. The van der Waals surface area contributed by atoms with E-state index in [-0.39, 0.29) is 11.9 Å². The molecule has 7 heteroatoms. The predicted octanol–water partition coefficient (Wildman–Crippen LogP) is 2.12. The molecule has 0 aromatic carbocycles. The molecule has 3 N–H and O–H groups in total. The molecule has 0 bridgehead atoms. The fourth-order valence-electron chi connectivity index (χ4n) is 1.82. The summed E-state index contributed by atoms with van der Waals surface area (Å²) in [5.74, 6) is 0.965. The van der Waals surface area contributed by atoms with E-state index in [1.54, 1.807) is 13.1 Å². The summed E-state index contributed by atoms with van der Waals surface area (Å²) < 4.78 is 0. The molecule has 1 aliphatic heterocycles. The lowest BCUT2D eigenvalue weighted by Crippen LogP contribution is -2.44. The number of pyridine rings is 1. The van der Waals surface area contributed by atoms with Gasteiger partial charge < -0.3 is 16.0 Å². The number of piperidine rings is 1. The Balaban J connectivity index is 2.20. The number of anilines is 2. The summed E-state index contributed by atoms with van der Waals surface area (Å²) >= 11 is 12.0. The molecule has 0 spiro atoms. The number of nitrogens with one attached hydrogen (secondary N) is 3. The molecule has 0 saturated carbocycles. The molecule has 0 radical (unpaired) electrons. The molecule has 1 unspecified atom stereocenters. The van der Waals surface area contributed by atoms with Gasteiger partial charge >= 0.3 is 0 Å². The van der Waals surface area contributed by atoms with Crippen molar-refractivity contribution in [2.75, 3.05) is 24.2 Å². The van der Waals surface area contributed by atoms with Crippen LogP contribution >= 0.6 is 23.2 Å². The minimum atomic E-state index is -0.297. The van der Waals surface area contributed by atoms with E-state index in [0.29, 0.717) is 21.7 Å². The van der Waals surface area contributed by atoms with Crippen LogP contribution in [0, 0.1) is 0 Å². The first kappa shape index (κ1) is 13.2. The Morgan fingerprint density at radius 2 is 2.11 bits per heavy atom. The van der Waals surface area contributed by atoms with Gasteiger partial charge in [0.15, 0.2) is 0 Å². The number of halogens is 2. The van der Waals surface area contributed by atoms with E-state index in [0.717, 1.165) is 19.4 Å². The SMILES string of the molecule is CNc1nc(NC2CCCNC2=O)c(Cl)cc1Cl. The van der Waals surface area contributed by atoms with Gasteiger partial charge in [-0.3, -0.25) is 4.79 Å². The van der Waals surface area contributed by atoms with Crippen LogP contribution in [0.25, 0.3) is 0 Å². The third-order valence-corrected chi connectivity index (χ3v) is 3.34. The van der Waals surface area contributed by atoms with E-state index in [9.17, 15) is 4.79 Å². The van der Waals surface area contributed by atoms with Crippen LogP contribution in [0.15, 0.2) is 6.07 Å². The standard InChI is InChI=1S/C11H14Cl2N4O/c1-14-9-6(12)5-7(13)10(17-9)16-8-3-2-4-15-11(8)18/h5,8H,2-4H2,1H3,(H,15,18)(H2,14,16,17). The van der Waals surface area contributed by atoms with Crippen LogP contribution < -0.4 is 16.0 Å². The number of carbonyl (C=O) groups excluding carboxylic acids is 1. The van der Waals surface area contributed by atoms with Gasteiger partial charge in [0, 0.05) is 13.6 Å². The van der Waals surface area contributed by atoms with Crippen LogP contribution in [0.5, 0.6) is 0 Å². The Labute approximate surface area is 115 Å². The molecule has 1 saturated heterocycles. The summed E-state index contributed by atoms with van der Waals surface area (Å²) in [6, 6.07) is 1.31. The number of aromatic nitrogens is 1. The third-order valence-electron chi connectivity index (χ3n) is 2.76. The van der Waals surface area contributed by atoms with E-state index in [2.05, 4.69) is 20.9 Å². The molecule has 1 amide bonds. The van der Waals surface area contributed by atoms with Crippen molar-refractivity contribution >= 4 is 40.7 Å². The van der Waals surface area contributed by atoms with Crippen molar-refractivity contribution in [2.24, 2.45) is 0 Å². The van der Waals surface area contributed by atoms with Gasteiger partial charge in [-0.2, -0.15) is 0 Å². The summed E-state index contributed by atoms with van der Waals surface area (Å²) in [6.45, 7) is 0.723. The van der Waals surface area contributed by atoms with Crippen molar-refractivity contribution in [3.8, 4) is 0 Å².